The molecule has 0 amide bonds. The van der Waals surface area contributed by atoms with Crippen LogP contribution in [-0.2, 0) is 6.42 Å². The number of benzene rings is 2. The minimum atomic E-state index is 0.457. The second kappa shape index (κ2) is 4.44. The smallest absolute Gasteiger partial charge is 0.122 e. The Bertz CT molecular complexity index is 653. The molecule has 1 unspecified atom stereocenters. The zero-order valence-electron chi connectivity index (χ0n) is 11.4. The molecule has 4 rings (SSSR count). The van der Waals surface area contributed by atoms with E-state index in [1.807, 2.05) is 12.1 Å². The van der Waals surface area contributed by atoms with E-state index in [9.17, 15) is 0 Å². The van der Waals surface area contributed by atoms with Gasteiger partial charge in [-0.1, -0.05) is 24.3 Å². The van der Waals surface area contributed by atoms with E-state index in [1.165, 1.54) is 16.8 Å². The molecule has 2 aromatic rings. The van der Waals surface area contributed by atoms with Crippen LogP contribution in [0.2, 0.25) is 0 Å². The summed E-state index contributed by atoms with van der Waals surface area (Å²) in [5, 5.41) is 0. The first-order chi connectivity index (χ1) is 9.81. The monoisotopic (exact) mass is 266 g/mol. The van der Waals surface area contributed by atoms with Gasteiger partial charge in [0.2, 0.25) is 0 Å². The summed E-state index contributed by atoms with van der Waals surface area (Å²) in [5.41, 5.74) is 10.8. The lowest BCUT2D eigenvalue weighted by molar-refractivity contribution is 0.331. The zero-order chi connectivity index (χ0) is 13.5. The van der Waals surface area contributed by atoms with Crippen LogP contribution in [0, 0.1) is 0 Å². The van der Waals surface area contributed by atoms with Crippen LogP contribution in [0.15, 0.2) is 42.5 Å². The number of para-hydroxylation sites is 1. The molecule has 2 aromatic carbocycles. The molecule has 2 heterocycles. The maximum absolute atomic E-state index is 5.93. The maximum Gasteiger partial charge on any atom is 0.122 e. The molecule has 0 saturated carbocycles. The Balaban J connectivity index is 1.59. The van der Waals surface area contributed by atoms with Crippen LogP contribution < -0.4 is 15.4 Å². The fourth-order valence-electron chi connectivity index (χ4n) is 3.30. The van der Waals surface area contributed by atoms with Gasteiger partial charge in [0.1, 0.15) is 5.75 Å². The van der Waals surface area contributed by atoms with E-state index in [0.29, 0.717) is 5.92 Å². The number of nitrogens with two attached hydrogens (primary N) is 1. The van der Waals surface area contributed by atoms with Gasteiger partial charge in [0, 0.05) is 35.9 Å². The van der Waals surface area contributed by atoms with Gasteiger partial charge < -0.3 is 15.4 Å². The highest BCUT2D eigenvalue weighted by Crippen LogP contribution is 2.37. The number of rotatable bonds is 2. The molecule has 1 atom stereocenters. The summed E-state index contributed by atoms with van der Waals surface area (Å²) in [7, 11) is 0. The largest absolute Gasteiger partial charge is 0.493 e. The zero-order valence-corrected chi connectivity index (χ0v) is 11.4. The number of hydrogen-bond acceptors (Lipinski definition) is 3. The number of nitrogen functional groups attached to an aromatic ring is 1. The van der Waals surface area contributed by atoms with Crippen LogP contribution in [0.25, 0.3) is 0 Å². The summed E-state index contributed by atoms with van der Waals surface area (Å²) in [6.45, 7) is 2.87. The van der Waals surface area contributed by atoms with Crippen molar-refractivity contribution in [3.8, 4) is 5.75 Å². The highest BCUT2D eigenvalue weighted by Gasteiger charge is 2.28. The van der Waals surface area contributed by atoms with E-state index in [-0.39, 0.29) is 0 Å². The van der Waals surface area contributed by atoms with Gasteiger partial charge in [-0.05, 0) is 30.2 Å². The van der Waals surface area contributed by atoms with E-state index >= 15 is 0 Å². The van der Waals surface area contributed by atoms with Gasteiger partial charge in [0.05, 0.1) is 6.61 Å². The minimum absolute atomic E-state index is 0.457. The fraction of sp³-hybridized carbons (Fsp3) is 0.294. The highest BCUT2D eigenvalue weighted by molar-refractivity contribution is 5.64. The molecule has 0 bridgehead atoms. The van der Waals surface area contributed by atoms with Crippen molar-refractivity contribution in [2.75, 3.05) is 30.3 Å². The third kappa shape index (κ3) is 1.82. The van der Waals surface area contributed by atoms with Crippen LogP contribution in [0.4, 0.5) is 11.4 Å². The van der Waals surface area contributed by atoms with Gasteiger partial charge in [-0.3, -0.25) is 0 Å². The Hall–Kier alpha value is -2.16. The second-order valence-corrected chi connectivity index (χ2v) is 5.63. The Labute approximate surface area is 119 Å². The van der Waals surface area contributed by atoms with E-state index < -0.39 is 0 Å². The number of hydrogen-bond donors (Lipinski definition) is 1. The van der Waals surface area contributed by atoms with Gasteiger partial charge in [-0.15, -0.1) is 0 Å². The average Bonchev–Trinajstić information content (AvgIpc) is 3.05. The van der Waals surface area contributed by atoms with Crippen molar-refractivity contribution < 1.29 is 4.74 Å². The van der Waals surface area contributed by atoms with Crippen molar-refractivity contribution >= 4 is 11.4 Å². The predicted octanol–water partition coefficient (Wildman–Crippen LogP) is 2.81. The van der Waals surface area contributed by atoms with Crippen molar-refractivity contribution in [2.45, 2.75) is 12.3 Å². The molecule has 2 N–H and O–H groups in total. The molecule has 102 valence electrons. The molecular formula is C17H18N2O. The molecule has 0 aliphatic carbocycles. The molecule has 2 aliphatic rings. The van der Waals surface area contributed by atoms with Gasteiger partial charge in [0.25, 0.3) is 0 Å². The molecule has 2 aliphatic heterocycles. The van der Waals surface area contributed by atoms with E-state index in [0.717, 1.165) is 37.6 Å². The second-order valence-electron chi connectivity index (χ2n) is 5.63. The summed E-state index contributed by atoms with van der Waals surface area (Å²) in [4.78, 5) is 2.45. The Morgan fingerprint density at radius 1 is 1.20 bits per heavy atom. The summed E-state index contributed by atoms with van der Waals surface area (Å²) in [6, 6.07) is 14.6. The van der Waals surface area contributed by atoms with E-state index in [4.69, 9.17) is 10.5 Å². The van der Waals surface area contributed by atoms with Crippen LogP contribution in [0.3, 0.4) is 0 Å². The minimum Gasteiger partial charge on any atom is -0.493 e. The number of nitrogens with zero attached hydrogens (tertiary/aromatic N) is 1. The first-order valence-corrected chi connectivity index (χ1v) is 7.16. The number of anilines is 2. The molecule has 0 spiro atoms. The van der Waals surface area contributed by atoms with Gasteiger partial charge in [0.15, 0.2) is 0 Å². The van der Waals surface area contributed by atoms with Crippen molar-refractivity contribution in [1.82, 2.24) is 0 Å². The predicted molar refractivity (Wildman–Crippen MR) is 81.4 cm³/mol. The van der Waals surface area contributed by atoms with Crippen LogP contribution in [0.1, 0.15) is 17.0 Å². The fourth-order valence-corrected chi connectivity index (χ4v) is 3.30. The maximum atomic E-state index is 5.93. The van der Waals surface area contributed by atoms with Crippen molar-refractivity contribution in [3.63, 3.8) is 0 Å². The molecular weight excluding hydrogens is 248 g/mol. The average molecular weight is 266 g/mol. The standard InChI is InChI=1S/C17H18N2O/c18-14-6-5-12-7-8-19(16(12)9-14)10-13-11-20-17-4-2-1-3-15(13)17/h1-6,9,13H,7-8,10-11,18H2. The number of fused-ring (bicyclic) bond motifs is 2. The quantitative estimate of drug-likeness (QED) is 0.849. The first kappa shape index (κ1) is 11.6. The first-order valence-electron chi connectivity index (χ1n) is 7.16. The number of ether oxygens (including phenoxy) is 1. The Morgan fingerprint density at radius 2 is 2.10 bits per heavy atom. The lowest BCUT2D eigenvalue weighted by Gasteiger charge is -2.23. The SMILES string of the molecule is Nc1ccc2c(c1)N(CC1COc3ccccc31)CC2. The summed E-state index contributed by atoms with van der Waals surface area (Å²) in [6.07, 6.45) is 1.12. The molecule has 0 fully saturated rings. The normalized spacial score (nSPS) is 19.6. The van der Waals surface area contributed by atoms with Crippen LogP contribution in [-0.4, -0.2) is 19.7 Å². The summed E-state index contributed by atoms with van der Waals surface area (Å²) >= 11 is 0. The van der Waals surface area contributed by atoms with Crippen molar-refractivity contribution in [2.24, 2.45) is 0 Å². The van der Waals surface area contributed by atoms with Gasteiger partial charge in [-0.2, -0.15) is 0 Å². The van der Waals surface area contributed by atoms with Crippen molar-refractivity contribution in [3.05, 3.63) is 53.6 Å². The lowest BCUT2D eigenvalue weighted by Crippen LogP contribution is -2.27. The molecule has 20 heavy (non-hydrogen) atoms. The van der Waals surface area contributed by atoms with E-state index in [2.05, 4.69) is 35.2 Å². The van der Waals surface area contributed by atoms with Gasteiger partial charge in [-0.25, -0.2) is 0 Å². The van der Waals surface area contributed by atoms with Crippen molar-refractivity contribution in [1.29, 1.82) is 0 Å². The van der Waals surface area contributed by atoms with Crippen LogP contribution in [0.5, 0.6) is 5.75 Å². The molecule has 3 heteroatoms. The topological polar surface area (TPSA) is 38.5 Å². The summed E-state index contributed by atoms with van der Waals surface area (Å²) < 4.78 is 5.78. The molecule has 0 aromatic heterocycles. The van der Waals surface area contributed by atoms with Crippen LogP contribution >= 0.6 is 0 Å². The third-order valence-corrected chi connectivity index (χ3v) is 4.34. The van der Waals surface area contributed by atoms with E-state index in [1.54, 1.807) is 0 Å². The lowest BCUT2D eigenvalue weighted by atomic mass is 10.0. The molecule has 3 nitrogen and oxygen atoms in total. The summed E-state index contributed by atoms with van der Waals surface area (Å²) in [5.74, 6) is 1.50. The molecule has 0 radical (unpaired) electrons. The Kier molecular flexibility index (Phi) is 2.59. The molecule has 0 saturated heterocycles. The Morgan fingerprint density at radius 3 is 3.05 bits per heavy atom. The third-order valence-electron chi connectivity index (χ3n) is 4.34. The van der Waals surface area contributed by atoms with Gasteiger partial charge >= 0.3 is 0 Å². The highest BCUT2D eigenvalue weighted by atomic mass is 16.5.